The molecule has 1 aliphatic heterocycles. The quantitative estimate of drug-likeness (QED) is 0.598. The van der Waals surface area contributed by atoms with Crippen molar-refractivity contribution >= 4 is 11.7 Å². The zero-order chi connectivity index (χ0) is 22.7. The van der Waals surface area contributed by atoms with Crippen LogP contribution in [-0.4, -0.2) is 41.3 Å². The number of piperidine rings is 1. The molecule has 168 valence electrons. The normalized spacial score (nSPS) is 16.6. The van der Waals surface area contributed by atoms with E-state index in [1.54, 1.807) is 23.1 Å². The van der Waals surface area contributed by atoms with E-state index in [1.807, 2.05) is 6.07 Å². The minimum Gasteiger partial charge on any atom is -0.495 e. The highest BCUT2D eigenvalue weighted by molar-refractivity contribution is 5.91. The fourth-order valence-corrected chi connectivity index (χ4v) is 3.62. The predicted octanol–water partition coefficient (Wildman–Crippen LogP) is 5.18. The van der Waals surface area contributed by atoms with E-state index in [0.717, 1.165) is 25.0 Å². The van der Waals surface area contributed by atoms with Crippen molar-refractivity contribution in [2.24, 2.45) is 0 Å². The number of hydrogen-bond acceptors (Lipinski definition) is 5. The van der Waals surface area contributed by atoms with Crippen molar-refractivity contribution in [3.05, 3.63) is 60.0 Å². The molecule has 1 N–H and O–H groups in total. The van der Waals surface area contributed by atoms with Gasteiger partial charge in [0, 0.05) is 18.7 Å². The van der Waals surface area contributed by atoms with Gasteiger partial charge in [0.25, 0.3) is 0 Å². The first kappa shape index (κ1) is 21.7. The number of methoxy groups -OCH3 is 1. The fourth-order valence-electron chi connectivity index (χ4n) is 3.62. The Morgan fingerprint density at radius 1 is 1.16 bits per heavy atom. The van der Waals surface area contributed by atoms with Crippen LogP contribution in [0.5, 0.6) is 5.75 Å². The number of anilines is 1. The van der Waals surface area contributed by atoms with Crippen LogP contribution in [-0.2, 0) is 6.18 Å². The zero-order valence-corrected chi connectivity index (χ0v) is 17.2. The maximum atomic E-state index is 12.8. The molecule has 2 amide bonds. The molecule has 2 heterocycles. The maximum Gasteiger partial charge on any atom is 0.416 e. The van der Waals surface area contributed by atoms with Crippen molar-refractivity contribution in [3.8, 4) is 17.2 Å². The van der Waals surface area contributed by atoms with Crippen molar-refractivity contribution in [2.75, 3.05) is 25.5 Å². The number of amides is 2. The first-order chi connectivity index (χ1) is 15.3. The number of urea groups is 1. The number of alkyl halides is 3. The van der Waals surface area contributed by atoms with E-state index in [9.17, 15) is 18.0 Å². The molecule has 0 bridgehead atoms. The predicted molar refractivity (Wildman–Crippen MR) is 110 cm³/mol. The highest BCUT2D eigenvalue weighted by Gasteiger charge is 2.31. The molecular weight excluding hydrogens is 425 g/mol. The number of halogens is 3. The molecule has 0 spiro atoms. The Kier molecular flexibility index (Phi) is 6.02. The lowest BCUT2D eigenvalue weighted by atomic mass is 9.98. The van der Waals surface area contributed by atoms with Crippen LogP contribution in [0, 0.1) is 0 Å². The van der Waals surface area contributed by atoms with Crippen LogP contribution in [0.3, 0.4) is 0 Å². The van der Waals surface area contributed by atoms with Crippen molar-refractivity contribution in [1.82, 2.24) is 15.1 Å². The number of nitrogens with one attached hydrogen (secondary N) is 1. The number of para-hydroxylation sites is 2. The third-order valence-electron chi connectivity index (χ3n) is 5.31. The van der Waals surface area contributed by atoms with Crippen molar-refractivity contribution in [3.63, 3.8) is 0 Å². The summed E-state index contributed by atoms with van der Waals surface area (Å²) in [5.41, 5.74) is 0.229. The van der Waals surface area contributed by atoms with Crippen LogP contribution >= 0.6 is 0 Å². The summed E-state index contributed by atoms with van der Waals surface area (Å²) in [6, 6.07) is 11.4. The Morgan fingerprint density at radius 3 is 2.62 bits per heavy atom. The van der Waals surface area contributed by atoms with E-state index in [1.165, 1.54) is 19.2 Å². The Bertz CT molecular complexity index is 1080. The molecule has 1 aliphatic rings. The van der Waals surface area contributed by atoms with Gasteiger partial charge in [0.2, 0.25) is 11.8 Å². The molecule has 2 aromatic carbocycles. The minimum atomic E-state index is -4.41. The molecule has 3 aromatic rings. The first-order valence-electron chi connectivity index (χ1n) is 10.0. The second-order valence-electron chi connectivity index (χ2n) is 7.44. The van der Waals surface area contributed by atoms with E-state index < -0.39 is 11.7 Å². The summed E-state index contributed by atoms with van der Waals surface area (Å²) < 4.78 is 49.3. The van der Waals surface area contributed by atoms with Crippen LogP contribution in [0.2, 0.25) is 0 Å². The molecule has 0 radical (unpaired) electrons. The van der Waals surface area contributed by atoms with Gasteiger partial charge in [-0.1, -0.05) is 12.1 Å². The van der Waals surface area contributed by atoms with Crippen molar-refractivity contribution in [1.29, 1.82) is 0 Å². The SMILES string of the molecule is COc1ccccc1NC(=O)N1CCCC(c2nnc(-c3ccc(C(F)(F)F)cc3)o2)C1. The average molecular weight is 446 g/mol. The molecule has 32 heavy (non-hydrogen) atoms. The molecule has 0 saturated carbocycles. The van der Waals surface area contributed by atoms with E-state index in [0.29, 0.717) is 36.0 Å². The topological polar surface area (TPSA) is 80.5 Å². The number of nitrogens with zero attached hydrogens (tertiary/aromatic N) is 3. The molecule has 1 atom stereocenters. The van der Waals surface area contributed by atoms with E-state index >= 15 is 0 Å². The van der Waals surface area contributed by atoms with Gasteiger partial charge in [-0.05, 0) is 49.2 Å². The smallest absolute Gasteiger partial charge is 0.416 e. The second kappa shape index (κ2) is 8.89. The van der Waals surface area contributed by atoms with Gasteiger partial charge in [-0.25, -0.2) is 4.79 Å². The monoisotopic (exact) mass is 446 g/mol. The van der Waals surface area contributed by atoms with E-state index in [2.05, 4.69) is 15.5 Å². The van der Waals surface area contributed by atoms with Gasteiger partial charge in [0.15, 0.2) is 0 Å². The summed E-state index contributed by atoms with van der Waals surface area (Å²) in [5.74, 6) is 0.898. The summed E-state index contributed by atoms with van der Waals surface area (Å²) in [7, 11) is 1.53. The Hall–Kier alpha value is -3.56. The number of carbonyl (C=O) groups excluding carboxylic acids is 1. The van der Waals surface area contributed by atoms with Gasteiger partial charge in [-0.15, -0.1) is 10.2 Å². The van der Waals surface area contributed by atoms with Crippen molar-refractivity contribution in [2.45, 2.75) is 24.9 Å². The Morgan fingerprint density at radius 2 is 1.91 bits per heavy atom. The lowest BCUT2D eigenvalue weighted by Gasteiger charge is -2.31. The molecule has 1 fully saturated rings. The van der Waals surface area contributed by atoms with Gasteiger partial charge in [-0.3, -0.25) is 0 Å². The van der Waals surface area contributed by atoms with Crippen LogP contribution in [0.15, 0.2) is 52.9 Å². The van der Waals surface area contributed by atoms with Crippen LogP contribution in [0.25, 0.3) is 11.5 Å². The number of likely N-dealkylation sites (tertiary alicyclic amines) is 1. The molecule has 1 aromatic heterocycles. The number of carbonyl (C=O) groups is 1. The van der Waals surface area contributed by atoms with Crippen LogP contribution in [0.4, 0.5) is 23.7 Å². The summed E-state index contributed by atoms with van der Waals surface area (Å²) >= 11 is 0. The number of rotatable bonds is 4. The van der Waals surface area contributed by atoms with Crippen LogP contribution < -0.4 is 10.1 Å². The highest BCUT2D eigenvalue weighted by Crippen LogP contribution is 2.32. The second-order valence-corrected chi connectivity index (χ2v) is 7.44. The number of hydrogen-bond donors (Lipinski definition) is 1. The third kappa shape index (κ3) is 4.68. The maximum absolute atomic E-state index is 12.8. The molecule has 1 unspecified atom stereocenters. The summed E-state index contributed by atoms with van der Waals surface area (Å²) in [6.45, 7) is 0.965. The van der Waals surface area contributed by atoms with Crippen molar-refractivity contribution < 1.29 is 27.1 Å². The molecular formula is C22H21F3N4O3. The van der Waals surface area contributed by atoms with Gasteiger partial charge >= 0.3 is 12.2 Å². The average Bonchev–Trinajstić information content (AvgIpc) is 3.29. The third-order valence-corrected chi connectivity index (χ3v) is 5.31. The van der Waals surface area contributed by atoms with Crippen LogP contribution in [0.1, 0.15) is 30.2 Å². The summed E-state index contributed by atoms with van der Waals surface area (Å²) in [5, 5.41) is 10.9. The summed E-state index contributed by atoms with van der Waals surface area (Å²) in [6.07, 6.45) is -2.90. The van der Waals surface area contributed by atoms with Gasteiger partial charge < -0.3 is 19.4 Å². The minimum absolute atomic E-state index is 0.143. The number of aromatic nitrogens is 2. The molecule has 4 rings (SSSR count). The summed E-state index contributed by atoms with van der Waals surface area (Å²) in [4.78, 5) is 14.4. The largest absolute Gasteiger partial charge is 0.495 e. The highest BCUT2D eigenvalue weighted by atomic mass is 19.4. The number of ether oxygens (including phenoxy) is 1. The number of benzene rings is 2. The molecule has 10 heteroatoms. The zero-order valence-electron chi connectivity index (χ0n) is 17.2. The Labute approximate surface area is 182 Å². The first-order valence-corrected chi connectivity index (χ1v) is 10.0. The van der Waals surface area contributed by atoms with E-state index in [-0.39, 0.29) is 17.8 Å². The van der Waals surface area contributed by atoms with Gasteiger partial charge in [0.1, 0.15) is 5.75 Å². The Balaban J connectivity index is 1.44. The van der Waals surface area contributed by atoms with Gasteiger partial charge in [-0.2, -0.15) is 13.2 Å². The van der Waals surface area contributed by atoms with E-state index in [4.69, 9.17) is 9.15 Å². The lowest BCUT2D eigenvalue weighted by Crippen LogP contribution is -2.41. The van der Waals surface area contributed by atoms with Gasteiger partial charge in [0.05, 0.1) is 24.3 Å². The standard InChI is InChI=1S/C22H21F3N4O3/c1-31-18-7-3-2-6-17(18)26-21(30)29-12-4-5-15(13-29)20-28-27-19(32-20)14-8-10-16(11-9-14)22(23,24)25/h2-3,6-11,15H,4-5,12-13H2,1H3,(H,26,30). The molecule has 7 nitrogen and oxygen atoms in total. The molecule has 0 aliphatic carbocycles. The fraction of sp³-hybridized carbons (Fsp3) is 0.318. The molecule has 1 saturated heterocycles. The lowest BCUT2D eigenvalue weighted by molar-refractivity contribution is -0.137.